The van der Waals surface area contributed by atoms with Crippen LogP contribution >= 0.6 is 11.6 Å². The largest absolute Gasteiger partial charge is 0.493 e. The van der Waals surface area contributed by atoms with Crippen molar-refractivity contribution in [1.29, 1.82) is 0 Å². The number of hydrogen-bond acceptors (Lipinski definition) is 3. The normalized spacial score (nSPS) is 11.6. The molecule has 3 rings (SSSR count). The average molecular weight is 410 g/mol. The summed E-state index contributed by atoms with van der Waals surface area (Å²) in [7, 11) is 0. The van der Waals surface area contributed by atoms with E-state index in [0.717, 1.165) is 11.1 Å². The Balaban J connectivity index is 1.75. The molecule has 0 unspecified atom stereocenters. The van der Waals surface area contributed by atoms with Crippen molar-refractivity contribution in [2.45, 2.75) is 26.5 Å². The van der Waals surface area contributed by atoms with Gasteiger partial charge in [-0.05, 0) is 55.8 Å². The van der Waals surface area contributed by atoms with E-state index < -0.39 is 0 Å². The Labute approximate surface area is 176 Å². The molecule has 0 spiro atoms. The molecule has 0 aliphatic rings. The van der Waals surface area contributed by atoms with Gasteiger partial charge in [0, 0.05) is 16.1 Å². The molecule has 0 aliphatic heterocycles. The van der Waals surface area contributed by atoms with E-state index in [4.69, 9.17) is 21.1 Å². The lowest BCUT2D eigenvalue weighted by atomic mass is 10.1. The lowest BCUT2D eigenvalue weighted by Crippen LogP contribution is -2.26. The molecule has 150 valence electrons. The molecule has 0 saturated heterocycles. The lowest BCUT2D eigenvalue weighted by Gasteiger charge is -2.16. The summed E-state index contributed by atoms with van der Waals surface area (Å²) in [6, 6.07) is 22.4. The van der Waals surface area contributed by atoms with Gasteiger partial charge < -0.3 is 14.8 Å². The lowest BCUT2D eigenvalue weighted by molar-refractivity contribution is 0.0939. The minimum absolute atomic E-state index is 0.0959. The standard InChI is InChI=1S/C24H24ClNO3/c1-3-28-23-13-12-19(24(27)26-17(2)18-8-5-4-6-9-18)14-20(23)16-29-22-11-7-10-21(25)15-22/h4-15,17H,3,16H2,1-2H3,(H,26,27)/t17-/m0/s1. The fourth-order valence-electron chi connectivity index (χ4n) is 2.95. The molecule has 0 aliphatic carbocycles. The van der Waals surface area contributed by atoms with Gasteiger partial charge in [0.05, 0.1) is 12.6 Å². The minimum Gasteiger partial charge on any atom is -0.493 e. The highest BCUT2D eigenvalue weighted by Gasteiger charge is 2.14. The van der Waals surface area contributed by atoms with Crippen molar-refractivity contribution >= 4 is 17.5 Å². The molecule has 1 amide bonds. The van der Waals surface area contributed by atoms with Gasteiger partial charge in [-0.25, -0.2) is 0 Å². The number of halogens is 1. The van der Waals surface area contributed by atoms with Gasteiger partial charge in [-0.2, -0.15) is 0 Å². The van der Waals surface area contributed by atoms with Gasteiger partial charge in [0.1, 0.15) is 18.1 Å². The van der Waals surface area contributed by atoms with Gasteiger partial charge in [-0.1, -0.05) is 48.0 Å². The Morgan fingerprint density at radius 3 is 2.52 bits per heavy atom. The van der Waals surface area contributed by atoms with Crippen molar-refractivity contribution in [1.82, 2.24) is 5.32 Å². The van der Waals surface area contributed by atoms with Crippen molar-refractivity contribution < 1.29 is 14.3 Å². The van der Waals surface area contributed by atoms with Crippen LogP contribution in [-0.4, -0.2) is 12.5 Å². The monoisotopic (exact) mass is 409 g/mol. The first-order valence-electron chi connectivity index (χ1n) is 9.56. The second kappa shape index (κ2) is 9.99. The van der Waals surface area contributed by atoms with Crippen molar-refractivity contribution in [2.24, 2.45) is 0 Å². The molecule has 0 aromatic heterocycles. The van der Waals surface area contributed by atoms with Gasteiger partial charge >= 0.3 is 0 Å². The molecule has 0 heterocycles. The van der Waals surface area contributed by atoms with E-state index in [1.165, 1.54) is 0 Å². The predicted molar refractivity (Wildman–Crippen MR) is 116 cm³/mol. The van der Waals surface area contributed by atoms with E-state index in [1.807, 2.05) is 68.4 Å². The molecule has 0 bridgehead atoms. The van der Waals surface area contributed by atoms with Crippen LogP contribution in [0.25, 0.3) is 0 Å². The van der Waals surface area contributed by atoms with Crippen LogP contribution in [0, 0.1) is 0 Å². The van der Waals surface area contributed by atoms with Crippen LogP contribution in [0.2, 0.25) is 5.02 Å². The molecule has 1 N–H and O–H groups in total. The van der Waals surface area contributed by atoms with E-state index >= 15 is 0 Å². The first kappa shape index (κ1) is 20.7. The maximum atomic E-state index is 12.8. The van der Waals surface area contributed by atoms with Crippen molar-refractivity contribution in [3.05, 3.63) is 94.5 Å². The fourth-order valence-corrected chi connectivity index (χ4v) is 3.13. The molecule has 5 heteroatoms. The number of hydrogen-bond donors (Lipinski definition) is 1. The van der Waals surface area contributed by atoms with Gasteiger partial charge in [-0.3, -0.25) is 4.79 Å². The van der Waals surface area contributed by atoms with E-state index in [-0.39, 0.29) is 18.6 Å². The molecule has 0 fully saturated rings. The molecule has 3 aromatic carbocycles. The van der Waals surface area contributed by atoms with Crippen LogP contribution in [-0.2, 0) is 6.61 Å². The molecular weight excluding hydrogens is 386 g/mol. The van der Waals surface area contributed by atoms with Crippen LogP contribution in [0.4, 0.5) is 0 Å². The molecular formula is C24H24ClNO3. The third kappa shape index (κ3) is 5.75. The number of rotatable bonds is 8. The van der Waals surface area contributed by atoms with Crippen molar-refractivity contribution in [3.8, 4) is 11.5 Å². The summed E-state index contributed by atoms with van der Waals surface area (Å²) < 4.78 is 11.5. The molecule has 0 radical (unpaired) electrons. The van der Waals surface area contributed by atoms with Crippen LogP contribution in [0.3, 0.4) is 0 Å². The number of carbonyl (C=O) groups excluding carboxylic acids is 1. The zero-order valence-corrected chi connectivity index (χ0v) is 17.3. The number of benzene rings is 3. The molecule has 29 heavy (non-hydrogen) atoms. The highest BCUT2D eigenvalue weighted by molar-refractivity contribution is 6.30. The van der Waals surface area contributed by atoms with Gasteiger partial charge in [0.2, 0.25) is 0 Å². The van der Waals surface area contributed by atoms with Crippen molar-refractivity contribution in [3.63, 3.8) is 0 Å². The van der Waals surface area contributed by atoms with Gasteiger partial charge in [0.25, 0.3) is 5.91 Å². The SMILES string of the molecule is CCOc1ccc(C(=O)N[C@@H](C)c2ccccc2)cc1COc1cccc(Cl)c1. The maximum Gasteiger partial charge on any atom is 0.251 e. The molecule has 4 nitrogen and oxygen atoms in total. The van der Waals surface area contributed by atoms with Crippen LogP contribution in [0.15, 0.2) is 72.8 Å². The topological polar surface area (TPSA) is 47.6 Å². The van der Waals surface area contributed by atoms with Crippen LogP contribution in [0.5, 0.6) is 11.5 Å². The second-order valence-electron chi connectivity index (χ2n) is 6.61. The molecule has 0 saturated carbocycles. The summed E-state index contributed by atoms with van der Waals surface area (Å²) in [4.78, 5) is 12.8. The number of carbonyl (C=O) groups is 1. The number of nitrogens with one attached hydrogen (secondary N) is 1. The van der Waals surface area contributed by atoms with Crippen LogP contribution in [0.1, 0.15) is 41.4 Å². The molecule has 1 atom stereocenters. The minimum atomic E-state index is -0.145. The zero-order chi connectivity index (χ0) is 20.6. The quantitative estimate of drug-likeness (QED) is 0.510. The predicted octanol–water partition coefficient (Wildman–Crippen LogP) is 5.81. The Morgan fingerprint density at radius 1 is 1.00 bits per heavy atom. The summed E-state index contributed by atoms with van der Waals surface area (Å²) in [5.41, 5.74) is 2.41. The number of amides is 1. The highest BCUT2D eigenvalue weighted by atomic mass is 35.5. The third-order valence-electron chi connectivity index (χ3n) is 4.46. The van der Waals surface area contributed by atoms with Gasteiger partial charge in [-0.15, -0.1) is 0 Å². The summed E-state index contributed by atoms with van der Waals surface area (Å²) in [6.07, 6.45) is 0. The second-order valence-corrected chi connectivity index (χ2v) is 7.04. The highest BCUT2D eigenvalue weighted by Crippen LogP contribution is 2.24. The first-order valence-corrected chi connectivity index (χ1v) is 9.94. The number of ether oxygens (including phenoxy) is 2. The summed E-state index contributed by atoms with van der Waals surface area (Å²) in [6.45, 7) is 4.68. The summed E-state index contributed by atoms with van der Waals surface area (Å²) in [5, 5.41) is 3.64. The van der Waals surface area contributed by atoms with E-state index in [1.54, 1.807) is 18.2 Å². The summed E-state index contributed by atoms with van der Waals surface area (Å²) in [5.74, 6) is 1.21. The Bertz CT molecular complexity index is 959. The Hall–Kier alpha value is -2.98. The summed E-state index contributed by atoms with van der Waals surface area (Å²) >= 11 is 6.02. The van der Waals surface area contributed by atoms with E-state index in [0.29, 0.717) is 28.7 Å². The Kier molecular flexibility index (Phi) is 7.14. The average Bonchev–Trinajstić information content (AvgIpc) is 2.74. The maximum absolute atomic E-state index is 12.8. The zero-order valence-electron chi connectivity index (χ0n) is 16.5. The molecule has 3 aromatic rings. The van der Waals surface area contributed by atoms with Gasteiger partial charge in [0.15, 0.2) is 0 Å². The van der Waals surface area contributed by atoms with E-state index in [9.17, 15) is 4.79 Å². The Morgan fingerprint density at radius 2 is 1.79 bits per heavy atom. The first-order chi connectivity index (χ1) is 14.1. The third-order valence-corrected chi connectivity index (χ3v) is 4.70. The van der Waals surface area contributed by atoms with E-state index in [2.05, 4.69) is 5.32 Å². The van der Waals surface area contributed by atoms with Crippen LogP contribution < -0.4 is 14.8 Å². The van der Waals surface area contributed by atoms with Crippen molar-refractivity contribution in [2.75, 3.05) is 6.61 Å². The smallest absolute Gasteiger partial charge is 0.251 e. The fraction of sp³-hybridized carbons (Fsp3) is 0.208.